The molecule has 2 unspecified atom stereocenters. The number of allylic oxidation sites excluding steroid dienone is 6. The van der Waals surface area contributed by atoms with Crippen LogP contribution in [0.25, 0.3) is 27.5 Å². The van der Waals surface area contributed by atoms with E-state index in [1.54, 1.807) is 0 Å². The van der Waals surface area contributed by atoms with Crippen molar-refractivity contribution in [3.05, 3.63) is 229 Å². The van der Waals surface area contributed by atoms with Gasteiger partial charge < -0.3 is 19.3 Å². The first-order valence-corrected chi connectivity index (χ1v) is 21.1. The predicted molar refractivity (Wildman–Crippen MR) is 253 cm³/mol. The highest BCUT2D eigenvalue weighted by atomic mass is 15.2. The molecule has 2 atom stereocenters. The van der Waals surface area contributed by atoms with Crippen LogP contribution < -0.4 is 14.7 Å². The molecule has 6 nitrogen and oxygen atoms in total. The van der Waals surface area contributed by atoms with Crippen LogP contribution >= 0.6 is 0 Å². The molecule has 0 N–H and O–H groups in total. The summed E-state index contributed by atoms with van der Waals surface area (Å²) in [6.07, 6.45) is 17.8. The van der Waals surface area contributed by atoms with Crippen LogP contribution in [0.4, 0.5) is 39.8 Å². The SMILES string of the molecule is N#Cc1ccc(N(c2ccc(N(c3ccc(C#N)cc3)c3ccc4c(c3)c3ccccc3n4-c3ccccc3)cc2)c2ccc3c(c2)C2C=CC=CC2N3C2=CC=CCC2)cc1. The normalized spacial score (nSPS) is 16.1. The Morgan fingerprint density at radius 1 is 0.516 bits per heavy atom. The van der Waals surface area contributed by atoms with E-state index in [9.17, 15) is 10.5 Å². The Kier molecular flexibility index (Phi) is 9.11. The van der Waals surface area contributed by atoms with E-state index in [-0.39, 0.29) is 12.0 Å². The van der Waals surface area contributed by atoms with Gasteiger partial charge in [0.15, 0.2) is 0 Å². The van der Waals surface area contributed by atoms with Gasteiger partial charge in [-0.15, -0.1) is 0 Å². The van der Waals surface area contributed by atoms with Crippen molar-refractivity contribution >= 4 is 61.6 Å². The van der Waals surface area contributed by atoms with Crippen molar-refractivity contribution in [3.8, 4) is 17.8 Å². The van der Waals surface area contributed by atoms with Crippen molar-refractivity contribution in [2.24, 2.45) is 0 Å². The zero-order valence-electron chi connectivity index (χ0n) is 33.9. The topological polar surface area (TPSA) is 62.2 Å². The smallest absolute Gasteiger partial charge is 0.0991 e. The number of para-hydroxylation sites is 2. The highest BCUT2D eigenvalue weighted by molar-refractivity contribution is 6.10. The molecule has 2 aliphatic carbocycles. The quantitative estimate of drug-likeness (QED) is 0.153. The zero-order chi connectivity index (χ0) is 41.6. The summed E-state index contributed by atoms with van der Waals surface area (Å²) in [5.41, 5.74) is 14.5. The van der Waals surface area contributed by atoms with E-state index in [2.05, 4.69) is 183 Å². The van der Waals surface area contributed by atoms with Crippen molar-refractivity contribution in [3.63, 3.8) is 0 Å². The van der Waals surface area contributed by atoms with E-state index < -0.39 is 0 Å². The summed E-state index contributed by atoms with van der Waals surface area (Å²) in [6, 6.07) is 61.7. The van der Waals surface area contributed by atoms with E-state index in [1.165, 1.54) is 22.3 Å². The monoisotopic (exact) mass is 796 g/mol. The summed E-state index contributed by atoms with van der Waals surface area (Å²) in [5.74, 6) is 0.229. The Hall–Kier alpha value is -8.32. The highest BCUT2D eigenvalue weighted by Crippen LogP contribution is 2.50. The zero-order valence-corrected chi connectivity index (χ0v) is 33.9. The summed E-state index contributed by atoms with van der Waals surface area (Å²) in [4.78, 5) is 7.07. The molecule has 0 bridgehead atoms. The van der Waals surface area contributed by atoms with Gasteiger partial charge in [-0.1, -0.05) is 72.9 Å². The van der Waals surface area contributed by atoms with Crippen molar-refractivity contribution in [2.75, 3.05) is 14.7 Å². The molecule has 1 aliphatic heterocycles. The lowest BCUT2D eigenvalue weighted by Crippen LogP contribution is -2.32. The molecule has 0 spiro atoms. The summed E-state index contributed by atoms with van der Waals surface area (Å²) in [6.45, 7) is 0. The highest BCUT2D eigenvalue weighted by Gasteiger charge is 2.38. The second-order valence-electron chi connectivity index (χ2n) is 15.9. The predicted octanol–water partition coefficient (Wildman–Crippen LogP) is 14.1. The van der Waals surface area contributed by atoms with E-state index in [1.807, 2.05) is 54.6 Å². The van der Waals surface area contributed by atoms with Crippen LogP contribution in [0.3, 0.4) is 0 Å². The number of aromatic nitrogens is 1. The number of benzene rings is 7. The van der Waals surface area contributed by atoms with Gasteiger partial charge in [0.05, 0.1) is 40.3 Å². The summed E-state index contributed by atoms with van der Waals surface area (Å²) >= 11 is 0. The van der Waals surface area contributed by atoms with Crippen LogP contribution in [0.2, 0.25) is 0 Å². The molecule has 3 aliphatic rings. The average molecular weight is 797 g/mol. The molecule has 294 valence electrons. The molecular formula is C56H40N6. The fourth-order valence-electron chi connectivity index (χ4n) is 9.57. The van der Waals surface area contributed by atoms with Gasteiger partial charge >= 0.3 is 0 Å². The van der Waals surface area contributed by atoms with Crippen molar-refractivity contribution in [1.29, 1.82) is 10.5 Å². The van der Waals surface area contributed by atoms with Gasteiger partial charge in [-0.25, -0.2) is 0 Å². The first kappa shape index (κ1) is 36.7. The molecule has 0 fully saturated rings. The second kappa shape index (κ2) is 15.4. The average Bonchev–Trinajstić information content (AvgIpc) is 3.85. The van der Waals surface area contributed by atoms with Crippen molar-refractivity contribution < 1.29 is 0 Å². The van der Waals surface area contributed by atoms with Gasteiger partial charge in [-0.3, -0.25) is 0 Å². The van der Waals surface area contributed by atoms with E-state index in [4.69, 9.17) is 0 Å². The maximum atomic E-state index is 9.70. The van der Waals surface area contributed by atoms with Gasteiger partial charge in [0, 0.05) is 67.9 Å². The third kappa shape index (κ3) is 6.25. The molecule has 6 heteroatoms. The number of anilines is 7. The van der Waals surface area contributed by atoms with Crippen LogP contribution in [0, 0.1) is 22.7 Å². The number of nitrogens with zero attached hydrogens (tertiary/aromatic N) is 6. The first-order valence-electron chi connectivity index (χ1n) is 21.1. The molecule has 0 radical (unpaired) electrons. The standard InChI is InChI=1S/C56H40N6/c57-37-39-19-23-43(24-20-39)59(47-31-33-55-51(35-47)49-15-7-9-17-53(49)61(55)41-11-3-1-4-12-41)45-27-29-46(30-28-45)60(44-25-21-40(38-58)22-26-44)48-32-34-56-52(36-48)50-16-8-10-18-54(50)62(56)42-13-5-2-6-14-42/h1-5,7-13,15-36,50,54H,6,14H2. The van der Waals surface area contributed by atoms with Crippen LogP contribution in [-0.2, 0) is 0 Å². The molecule has 1 aromatic heterocycles. The first-order chi connectivity index (χ1) is 30.7. The fourth-order valence-corrected chi connectivity index (χ4v) is 9.57. The maximum absolute atomic E-state index is 9.70. The molecule has 0 saturated heterocycles. The van der Waals surface area contributed by atoms with E-state index in [0.717, 1.165) is 69.1 Å². The number of hydrogen-bond donors (Lipinski definition) is 0. The van der Waals surface area contributed by atoms with Gasteiger partial charge in [0.1, 0.15) is 0 Å². The van der Waals surface area contributed by atoms with Gasteiger partial charge in [-0.05, 0) is 152 Å². The molecule has 62 heavy (non-hydrogen) atoms. The minimum Gasteiger partial charge on any atom is -0.337 e. The molecule has 7 aromatic carbocycles. The largest absolute Gasteiger partial charge is 0.337 e. The molecule has 0 amide bonds. The lowest BCUT2D eigenvalue weighted by molar-refractivity contribution is 0.701. The van der Waals surface area contributed by atoms with E-state index in [0.29, 0.717) is 11.1 Å². The van der Waals surface area contributed by atoms with Crippen molar-refractivity contribution in [1.82, 2.24) is 4.57 Å². The molecule has 2 heterocycles. The summed E-state index contributed by atoms with van der Waals surface area (Å²) < 4.78 is 2.33. The Labute approximate surface area is 361 Å². The van der Waals surface area contributed by atoms with Crippen LogP contribution in [0.1, 0.15) is 35.4 Å². The van der Waals surface area contributed by atoms with Gasteiger partial charge in [0.25, 0.3) is 0 Å². The van der Waals surface area contributed by atoms with Crippen molar-refractivity contribution in [2.45, 2.75) is 24.8 Å². The van der Waals surface area contributed by atoms with Crippen LogP contribution in [0.5, 0.6) is 0 Å². The number of rotatable bonds is 8. The third-order valence-electron chi connectivity index (χ3n) is 12.4. The molecule has 8 aromatic rings. The van der Waals surface area contributed by atoms with Crippen LogP contribution in [0.15, 0.2) is 212 Å². The minimum absolute atomic E-state index is 0.229. The Bertz CT molecular complexity index is 3210. The fraction of sp³-hybridized carbons (Fsp3) is 0.0714. The summed E-state index contributed by atoms with van der Waals surface area (Å²) in [7, 11) is 0. The number of fused-ring (bicyclic) bond motifs is 6. The molecule has 11 rings (SSSR count). The van der Waals surface area contributed by atoms with Gasteiger partial charge in [-0.2, -0.15) is 10.5 Å². The molecular weight excluding hydrogens is 757 g/mol. The van der Waals surface area contributed by atoms with Crippen LogP contribution in [-0.4, -0.2) is 10.6 Å². The summed E-state index contributed by atoms with van der Waals surface area (Å²) in [5, 5.41) is 21.7. The third-order valence-corrected chi connectivity index (χ3v) is 12.4. The lowest BCUT2D eigenvalue weighted by Gasteiger charge is -2.31. The van der Waals surface area contributed by atoms with E-state index >= 15 is 0 Å². The maximum Gasteiger partial charge on any atom is 0.0991 e. The number of hydrogen-bond acceptors (Lipinski definition) is 5. The number of nitriles is 2. The van der Waals surface area contributed by atoms with Gasteiger partial charge in [0.2, 0.25) is 0 Å². The minimum atomic E-state index is 0.229. The second-order valence-corrected chi connectivity index (χ2v) is 15.9. The Balaban J connectivity index is 1.03. The molecule has 0 saturated carbocycles. The lowest BCUT2D eigenvalue weighted by atomic mass is 9.91. The Morgan fingerprint density at radius 2 is 1.08 bits per heavy atom. The Morgan fingerprint density at radius 3 is 1.73 bits per heavy atom.